The maximum Gasteiger partial charge on any atom is 0.331 e. The van der Waals surface area contributed by atoms with Crippen molar-refractivity contribution >= 4 is 40.9 Å². The monoisotopic (exact) mass is 404 g/mol. The Morgan fingerprint density at radius 3 is 2.64 bits per heavy atom. The predicted molar refractivity (Wildman–Crippen MR) is 104 cm³/mol. The van der Waals surface area contributed by atoms with Crippen LogP contribution >= 0.6 is 11.6 Å². The van der Waals surface area contributed by atoms with Crippen molar-refractivity contribution < 1.29 is 24.0 Å². The Kier molecular flexibility index (Phi) is 7.11. The van der Waals surface area contributed by atoms with E-state index in [9.17, 15) is 19.7 Å². The summed E-state index contributed by atoms with van der Waals surface area (Å²) in [6.07, 6.45) is 1.39. The van der Waals surface area contributed by atoms with Crippen LogP contribution in [0.2, 0.25) is 5.02 Å². The number of nitro benzene ring substituents is 1. The molecule has 2 aromatic rings. The normalized spacial score (nSPS) is 11.7. The Hall–Kier alpha value is -3.39. The molecule has 0 aromatic heterocycles. The number of nitrogens with zero attached hydrogens (tertiary/aromatic N) is 1. The summed E-state index contributed by atoms with van der Waals surface area (Å²) in [6.45, 7) is 1.42. The lowest BCUT2D eigenvalue weighted by atomic mass is 10.2. The number of hydrogen-bond donors (Lipinski definition) is 1. The molecule has 146 valence electrons. The number of nitrogens with one attached hydrogen (secondary N) is 1. The lowest BCUT2D eigenvalue weighted by Gasteiger charge is -2.13. The quantitative estimate of drug-likeness (QED) is 0.325. The highest BCUT2D eigenvalue weighted by Gasteiger charge is 2.17. The van der Waals surface area contributed by atoms with Gasteiger partial charge < -0.3 is 14.8 Å². The molecule has 2 rings (SSSR count). The van der Waals surface area contributed by atoms with Gasteiger partial charge in [-0.3, -0.25) is 14.9 Å². The number of carbonyl (C=O) groups is 2. The second-order valence-corrected chi connectivity index (χ2v) is 6.01. The number of hydrogen-bond acceptors (Lipinski definition) is 6. The molecule has 0 unspecified atom stereocenters. The fraction of sp³-hybridized carbons (Fsp3) is 0.158. The first-order valence-electron chi connectivity index (χ1n) is 8.07. The number of nitro groups is 1. The maximum absolute atomic E-state index is 12.1. The van der Waals surface area contributed by atoms with Crippen molar-refractivity contribution in [1.29, 1.82) is 0 Å². The molecule has 1 amide bonds. The van der Waals surface area contributed by atoms with Crippen molar-refractivity contribution in [1.82, 2.24) is 0 Å². The molecule has 0 bridgehead atoms. The lowest BCUT2D eigenvalue weighted by molar-refractivity contribution is -0.384. The number of esters is 1. The zero-order valence-electron chi connectivity index (χ0n) is 15.0. The fourth-order valence-electron chi connectivity index (χ4n) is 2.16. The number of non-ortho nitro benzene ring substituents is 1. The summed E-state index contributed by atoms with van der Waals surface area (Å²) in [4.78, 5) is 34.2. The molecule has 2 aromatic carbocycles. The predicted octanol–water partition coefficient (Wildman–Crippen LogP) is 3.84. The van der Waals surface area contributed by atoms with Crippen LogP contribution in [-0.2, 0) is 14.3 Å². The fourth-order valence-corrected chi connectivity index (χ4v) is 2.42. The highest BCUT2D eigenvalue weighted by Crippen LogP contribution is 2.27. The molecule has 9 heteroatoms. The maximum atomic E-state index is 12.1. The molecule has 0 fully saturated rings. The number of rotatable bonds is 7. The van der Waals surface area contributed by atoms with Gasteiger partial charge in [-0.15, -0.1) is 0 Å². The van der Waals surface area contributed by atoms with Crippen molar-refractivity contribution in [2.45, 2.75) is 13.0 Å². The van der Waals surface area contributed by atoms with E-state index in [2.05, 4.69) is 5.32 Å². The van der Waals surface area contributed by atoms with Crippen LogP contribution in [0.1, 0.15) is 12.5 Å². The molecule has 1 atom stereocenters. The zero-order chi connectivity index (χ0) is 20.7. The summed E-state index contributed by atoms with van der Waals surface area (Å²) in [5.74, 6) is -0.842. The minimum Gasteiger partial charge on any atom is -0.495 e. The van der Waals surface area contributed by atoms with Gasteiger partial charge in [0.1, 0.15) is 5.75 Å². The molecule has 1 N–H and O–H groups in total. The first-order valence-corrected chi connectivity index (χ1v) is 8.45. The van der Waals surface area contributed by atoms with Crippen molar-refractivity contribution in [3.63, 3.8) is 0 Å². The second-order valence-electron chi connectivity index (χ2n) is 5.60. The van der Waals surface area contributed by atoms with Gasteiger partial charge in [-0.1, -0.05) is 23.7 Å². The standard InChI is InChI=1S/C19H17ClN2O6/c1-12(19(24)21-14-7-8-17(27-2)16(20)11-14)28-18(23)9-6-13-4-3-5-15(10-13)22(25)26/h3-12H,1-2H3,(H,21,24)/b9-6+/t12-/m0/s1. The van der Waals surface area contributed by atoms with Crippen molar-refractivity contribution in [3.8, 4) is 5.75 Å². The van der Waals surface area contributed by atoms with Gasteiger partial charge in [0.2, 0.25) is 0 Å². The van der Waals surface area contributed by atoms with Crippen molar-refractivity contribution in [2.75, 3.05) is 12.4 Å². The summed E-state index contributed by atoms with van der Waals surface area (Å²) in [6, 6.07) is 10.4. The number of anilines is 1. The van der Waals surface area contributed by atoms with Crippen molar-refractivity contribution in [3.05, 3.63) is 69.2 Å². The minimum atomic E-state index is -1.07. The van der Waals surface area contributed by atoms with Crippen molar-refractivity contribution in [2.24, 2.45) is 0 Å². The molecule has 0 aliphatic rings. The number of ether oxygens (including phenoxy) is 2. The molecule has 8 nitrogen and oxygen atoms in total. The SMILES string of the molecule is COc1ccc(NC(=O)[C@H](C)OC(=O)/C=C/c2cccc([N+](=O)[O-])c2)cc1Cl. The molecule has 0 radical (unpaired) electrons. The van der Waals surface area contributed by atoms with E-state index in [1.165, 1.54) is 44.4 Å². The molecule has 28 heavy (non-hydrogen) atoms. The van der Waals surface area contributed by atoms with Crippen LogP contribution in [0.15, 0.2) is 48.5 Å². The second kappa shape index (κ2) is 9.52. The van der Waals surface area contributed by atoms with E-state index in [1.54, 1.807) is 18.2 Å². The third-order valence-electron chi connectivity index (χ3n) is 3.57. The van der Waals surface area contributed by atoms with Crippen LogP contribution in [0.3, 0.4) is 0 Å². The summed E-state index contributed by atoms with van der Waals surface area (Å²) in [5.41, 5.74) is 0.781. The van der Waals surface area contributed by atoms with E-state index in [1.807, 2.05) is 0 Å². The van der Waals surface area contributed by atoms with Gasteiger partial charge in [0, 0.05) is 23.9 Å². The Balaban J connectivity index is 1.94. The van der Waals surface area contributed by atoms with Crippen LogP contribution in [0, 0.1) is 10.1 Å². The van der Waals surface area contributed by atoms with E-state index in [-0.39, 0.29) is 5.69 Å². The lowest BCUT2D eigenvalue weighted by Crippen LogP contribution is -2.29. The van der Waals surface area contributed by atoms with E-state index >= 15 is 0 Å². The molecule has 0 aliphatic heterocycles. The summed E-state index contributed by atoms with van der Waals surface area (Å²) in [7, 11) is 1.47. The van der Waals surface area contributed by atoms with Gasteiger partial charge in [0.05, 0.1) is 17.1 Å². The smallest absolute Gasteiger partial charge is 0.331 e. The van der Waals surface area contributed by atoms with Gasteiger partial charge in [-0.2, -0.15) is 0 Å². The summed E-state index contributed by atoms with van der Waals surface area (Å²) < 4.78 is 10.1. The van der Waals surface area contributed by atoms with Gasteiger partial charge >= 0.3 is 5.97 Å². The van der Waals surface area contributed by atoms with E-state index < -0.39 is 22.9 Å². The van der Waals surface area contributed by atoms with Gasteiger partial charge in [0.25, 0.3) is 11.6 Å². The summed E-state index contributed by atoms with van der Waals surface area (Å²) in [5, 5.41) is 13.7. The Labute approximate surface area is 165 Å². The molecule has 0 heterocycles. The highest BCUT2D eigenvalue weighted by atomic mass is 35.5. The molecule has 0 saturated heterocycles. The van der Waals surface area contributed by atoms with Gasteiger partial charge in [0.15, 0.2) is 6.10 Å². The largest absolute Gasteiger partial charge is 0.495 e. The number of halogens is 1. The Bertz CT molecular complexity index is 928. The van der Waals surface area contributed by atoms with E-state index in [4.69, 9.17) is 21.1 Å². The number of amides is 1. The molecule has 0 aliphatic carbocycles. The number of methoxy groups -OCH3 is 1. The van der Waals surface area contributed by atoms with Crippen LogP contribution in [0.4, 0.5) is 11.4 Å². The number of benzene rings is 2. The highest BCUT2D eigenvalue weighted by molar-refractivity contribution is 6.32. The average Bonchev–Trinajstić information content (AvgIpc) is 2.66. The van der Waals surface area contributed by atoms with Crippen LogP contribution in [0.25, 0.3) is 6.08 Å². The first-order chi connectivity index (χ1) is 13.3. The van der Waals surface area contributed by atoms with E-state index in [0.717, 1.165) is 6.08 Å². The third-order valence-corrected chi connectivity index (χ3v) is 3.87. The Morgan fingerprint density at radius 1 is 1.25 bits per heavy atom. The molecule has 0 saturated carbocycles. The minimum absolute atomic E-state index is 0.0959. The molecule has 0 spiro atoms. The Morgan fingerprint density at radius 2 is 2.00 bits per heavy atom. The average molecular weight is 405 g/mol. The van der Waals surface area contributed by atoms with Gasteiger partial charge in [-0.05, 0) is 36.8 Å². The topological polar surface area (TPSA) is 108 Å². The summed E-state index contributed by atoms with van der Waals surface area (Å²) >= 11 is 5.99. The van der Waals surface area contributed by atoms with Crippen LogP contribution in [-0.4, -0.2) is 30.0 Å². The zero-order valence-corrected chi connectivity index (χ0v) is 15.8. The van der Waals surface area contributed by atoms with Gasteiger partial charge in [-0.25, -0.2) is 4.79 Å². The molecular formula is C19H17ClN2O6. The first kappa shape index (κ1) is 20.9. The van der Waals surface area contributed by atoms with Crippen LogP contribution in [0.5, 0.6) is 5.75 Å². The third kappa shape index (κ3) is 5.82. The van der Waals surface area contributed by atoms with Crippen LogP contribution < -0.4 is 10.1 Å². The van der Waals surface area contributed by atoms with E-state index in [0.29, 0.717) is 22.0 Å². The number of carbonyl (C=O) groups excluding carboxylic acids is 2. The molecular weight excluding hydrogens is 388 g/mol.